The number of ether oxygens (including phenoxy) is 3. The van der Waals surface area contributed by atoms with Crippen molar-refractivity contribution in [2.75, 3.05) is 19.7 Å². The number of nitrogens with one attached hydrogen (secondary N) is 3. The van der Waals surface area contributed by atoms with E-state index >= 15 is 0 Å². The van der Waals surface area contributed by atoms with E-state index in [-0.39, 0.29) is 25.3 Å². The number of aliphatic carboxylic acids is 1. The van der Waals surface area contributed by atoms with Gasteiger partial charge in [0, 0.05) is 38.0 Å². The van der Waals surface area contributed by atoms with Crippen LogP contribution in [0, 0.1) is 5.92 Å². The fourth-order valence-corrected chi connectivity index (χ4v) is 6.92. The molecule has 51 heavy (non-hydrogen) atoms. The van der Waals surface area contributed by atoms with E-state index in [0.717, 1.165) is 30.4 Å². The van der Waals surface area contributed by atoms with Crippen molar-refractivity contribution in [1.82, 2.24) is 25.8 Å². The summed E-state index contributed by atoms with van der Waals surface area (Å²) in [6.07, 6.45) is 5.07. The van der Waals surface area contributed by atoms with Crippen molar-refractivity contribution in [2.24, 2.45) is 5.92 Å². The Kier molecular flexibility index (Phi) is 11.8. The van der Waals surface area contributed by atoms with E-state index in [9.17, 15) is 29.1 Å². The second kappa shape index (κ2) is 15.9. The van der Waals surface area contributed by atoms with Gasteiger partial charge < -0.3 is 40.2 Å². The van der Waals surface area contributed by atoms with Gasteiger partial charge in [0.05, 0.1) is 6.54 Å². The zero-order valence-electron chi connectivity index (χ0n) is 30.4. The lowest BCUT2D eigenvalue weighted by molar-refractivity contribution is -0.145. The predicted molar refractivity (Wildman–Crippen MR) is 187 cm³/mol. The van der Waals surface area contributed by atoms with E-state index in [0.29, 0.717) is 50.9 Å². The summed E-state index contributed by atoms with van der Waals surface area (Å²) in [6, 6.07) is 3.96. The largest absolute Gasteiger partial charge is 0.492 e. The van der Waals surface area contributed by atoms with Gasteiger partial charge in [0.1, 0.15) is 41.7 Å². The van der Waals surface area contributed by atoms with Gasteiger partial charge in [-0.2, -0.15) is 0 Å². The van der Waals surface area contributed by atoms with E-state index in [2.05, 4.69) is 29.8 Å². The van der Waals surface area contributed by atoms with Crippen LogP contribution in [0.25, 0.3) is 0 Å². The second-order valence-electron chi connectivity index (χ2n) is 15.3. The van der Waals surface area contributed by atoms with Crippen LogP contribution in [-0.4, -0.2) is 99.9 Å². The van der Waals surface area contributed by atoms with Crippen LogP contribution in [0.1, 0.15) is 90.7 Å². The molecule has 280 valence electrons. The van der Waals surface area contributed by atoms with Gasteiger partial charge in [-0.1, -0.05) is 44.9 Å². The molecule has 5 atom stereocenters. The van der Waals surface area contributed by atoms with Crippen molar-refractivity contribution >= 4 is 30.0 Å². The van der Waals surface area contributed by atoms with E-state index in [1.807, 2.05) is 30.4 Å². The molecule has 3 heterocycles. The minimum Gasteiger partial charge on any atom is -0.492 e. The number of carbonyl (C=O) groups is 5. The van der Waals surface area contributed by atoms with Gasteiger partial charge in [-0.05, 0) is 69.7 Å². The Morgan fingerprint density at radius 1 is 1.10 bits per heavy atom. The molecule has 4 aliphatic rings. The molecule has 14 nitrogen and oxygen atoms in total. The highest BCUT2D eigenvalue weighted by atomic mass is 16.6. The van der Waals surface area contributed by atoms with E-state index in [1.165, 1.54) is 4.90 Å². The summed E-state index contributed by atoms with van der Waals surface area (Å²) in [7, 11) is 0. The normalized spacial score (nSPS) is 26.6. The Hall–Kier alpha value is -4.33. The number of hydrogen-bond donors (Lipinski definition) is 4. The van der Waals surface area contributed by atoms with Crippen LogP contribution < -0.4 is 20.7 Å². The lowest BCUT2D eigenvalue weighted by atomic mass is 10.0. The molecule has 4 N–H and O–H groups in total. The first-order valence-electron chi connectivity index (χ1n) is 18.1. The topological polar surface area (TPSA) is 176 Å². The number of hydrogen-bond acceptors (Lipinski definition) is 9. The Morgan fingerprint density at radius 3 is 2.59 bits per heavy atom. The quantitative estimate of drug-likeness (QED) is 0.229. The molecule has 3 aliphatic heterocycles. The molecule has 1 aliphatic carbocycles. The Morgan fingerprint density at radius 2 is 1.86 bits per heavy atom. The van der Waals surface area contributed by atoms with E-state index < -0.39 is 59.3 Å². The van der Waals surface area contributed by atoms with Crippen molar-refractivity contribution in [3.63, 3.8) is 0 Å². The smallest absolute Gasteiger partial charge is 0.410 e. The maximum atomic E-state index is 14.2. The minimum absolute atomic E-state index is 0.0259. The Bertz CT molecular complexity index is 1510. The number of allylic oxidation sites excluding steroid dienone is 1. The van der Waals surface area contributed by atoms with Crippen molar-refractivity contribution in [3.8, 4) is 5.75 Å². The van der Waals surface area contributed by atoms with Crippen LogP contribution >= 0.6 is 0 Å². The highest BCUT2D eigenvalue weighted by Crippen LogP contribution is 2.45. The van der Waals surface area contributed by atoms with Gasteiger partial charge in [-0.3, -0.25) is 14.5 Å². The molecular weight excluding hydrogens is 658 g/mol. The van der Waals surface area contributed by atoms with Crippen LogP contribution in [-0.2, 0) is 36.9 Å². The fourth-order valence-electron chi connectivity index (χ4n) is 6.92. The van der Waals surface area contributed by atoms with Crippen molar-refractivity contribution in [1.29, 1.82) is 0 Å². The molecule has 1 saturated carbocycles. The zero-order chi connectivity index (χ0) is 36.9. The summed E-state index contributed by atoms with van der Waals surface area (Å²) in [4.78, 5) is 69.6. The van der Waals surface area contributed by atoms with Gasteiger partial charge in [0.15, 0.2) is 0 Å². The third-order valence-corrected chi connectivity index (χ3v) is 9.66. The fraction of sp³-hybridized carbons (Fsp3) is 0.649. The predicted octanol–water partition coefficient (Wildman–Crippen LogP) is 3.86. The maximum Gasteiger partial charge on any atom is 0.410 e. The van der Waals surface area contributed by atoms with Crippen molar-refractivity contribution < 1.29 is 43.3 Å². The molecule has 1 saturated heterocycles. The van der Waals surface area contributed by atoms with Gasteiger partial charge in [0.2, 0.25) is 11.8 Å². The first-order chi connectivity index (χ1) is 24.1. The average molecular weight is 712 g/mol. The van der Waals surface area contributed by atoms with E-state index in [4.69, 9.17) is 14.2 Å². The number of amides is 4. The summed E-state index contributed by atoms with van der Waals surface area (Å²) >= 11 is 0. The molecule has 4 amide bonds. The third-order valence-electron chi connectivity index (χ3n) is 9.66. The molecule has 0 spiro atoms. The van der Waals surface area contributed by atoms with Crippen molar-refractivity contribution in [2.45, 2.75) is 128 Å². The lowest BCUT2D eigenvalue weighted by Gasteiger charge is -2.30. The van der Waals surface area contributed by atoms with Crippen LogP contribution in [0.5, 0.6) is 5.75 Å². The standard InChI is InChI=1S/C37H53N5O9/c1-23(2)38-15-16-49-27-14-13-24-20-41(21-25(24)17-27)35(48)50-28-18-30-31(43)40-37(33(45)46)19-26(37)11-9-7-6-8-10-12-29(32(44)42(30)22-28)39-34(47)51-36(3,4)5/h9,11,13-14,17,23,26,28-30,38H,6-8,10,12,15-16,18-22H2,1-5H3,(H,39,47)(H,40,43)(H,45,46)/t26-,28-,29+,30+,37-/m1/s1. The van der Waals surface area contributed by atoms with Gasteiger partial charge in [-0.15, -0.1) is 0 Å². The molecule has 14 heteroatoms. The second-order valence-corrected chi connectivity index (χ2v) is 15.3. The number of nitrogens with zero attached hydrogens (tertiary/aromatic N) is 2. The van der Waals surface area contributed by atoms with Crippen molar-refractivity contribution in [3.05, 3.63) is 41.5 Å². The highest BCUT2D eigenvalue weighted by Gasteiger charge is 2.61. The maximum absolute atomic E-state index is 14.2. The molecule has 0 aromatic heterocycles. The van der Waals surface area contributed by atoms with Gasteiger partial charge in [0.25, 0.3) is 0 Å². The number of rotatable bonds is 8. The first-order valence-corrected chi connectivity index (χ1v) is 18.1. The lowest BCUT2D eigenvalue weighted by Crippen LogP contribution is -2.56. The SMILES string of the molecule is CC(C)NCCOc1ccc2c(c1)CN(C(=O)O[C@@H]1C[C@H]3C(=O)N[C@]4(C(=O)O)C[C@H]4C=CCCCCC[C@H](NC(=O)OC(C)(C)C)C(=O)N3C1)C2. The highest BCUT2D eigenvalue weighted by molar-refractivity contribution is 5.96. The molecular formula is C37H53N5O9. The molecule has 0 unspecified atom stereocenters. The summed E-state index contributed by atoms with van der Waals surface area (Å²) in [6.45, 7) is 11.1. The number of fused-ring (bicyclic) bond motifs is 3. The third kappa shape index (κ3) is 9.72. The summed E-state index contributed by atoms with van der Waals surface area (Å²) in [5.41, 5.74) is -0.357. The Labute approximate surface area is 299 Å². The van der Waals surface area contributed by atoms with Gasteiger partial charge in [-0.25, -0.2) is 14.4 Å². The summed E-state index contributed by atoms with van der Waals surface area (Å²) in [5, 5.41) is 18.8. The van der Waals surface area contributed by atoms with E-state index in [1.54, 1.807) is 25.7 Å². The number of alkyl carbamates (subject to hydrolysis) is 1. The molecule has 0 bridgehead atoms. The molecule has 1 aromatic rings. The average Bonchev–Trinajstić information content (AvgIpc) is 3.35. The zero-order valence-corrected chi connectivity index (χ0v) is 30.4. The summed E-state index contributed by atoms with van der Waals surface area (Å²) < 4.78 is 17.2. The van der Waals surface area contributed by atoms with Crippen LogP contribution in [0.3, 0.4) is 0 Å². The monoisotopic (exact) mass is 711 g/mol. The molecule has 2 fully saturated rings. The molecule has 0 radical (unpaired) electrons. The molecule has 5 rings (SSSR count). The molecule has 1 aromatic carbocycles. The van der Waals surface area contributed by atoms with Gasteiger partial charge >= 0.3 is 18.2 Å². The van der Waals surface area contributed by atoms with Crippen LogP contribution in [0.4, 0.5) is 9.59 Å². The first kappa shape index (κ1) is 37.9. The summed E-state index contributed by atoms with van der Waals surface area (Å²) in [5.74, 6) is -1.97. The van der Waals surface area contributed by atoms with Crippen LogP contribution in [0.2, 0.25) is 0 Å². The number of carbonyl (C=O) groups excluding carboxylic acids is 4. The van der Waals surface area contributed by atoms with Crippen LogP contribution in [0.15, 0.2) is 30.4 Å². The number of carboxylic acid groups (broad SMARTS) is 1. The minimum atomic E-state index is -1.47. The number of carboxylic acids is 1. The number of benzene rings is 1. The Balaban J connectivity index is 1.30.